The molecule has 2 aliphatic rings. The topological polar surface area (TPSA) is 57.2 Å². The number of hydrogen-bond donors (Lipinski definition) is 1. The van der Waals surface area contributed by atoms with E-state index in [0.717, 1.165) is 32.0 Å². The van der Waals surface area contributed by atoms with Crippen LogP contribution in [-0.4, -0.2) is 66.2 Å². The van der Waals surface area contributed by atoms with Crippen LogP contribution in [-0.2, 0) is 11.2 Å². The number of fused-ring (bicyclic) bond motifs is 1. The Balaban J connectivity index is 0.00000225. The minimum Gasteiger partial charge on any atom is -0.444 e. The molecule has 0 spiro atoms. The van der Waals surface area contributed by atoms with Gasteiger partial charge in [0.15, 0.2) is 5.96 Å². The Kier molecular flexibility index (Phi) is 6.95. The van der Waals surface area contributed by atoms with E-state index < -0.39 is 5.60 Å². The summed E-state index contributed by atoms with van der Waals surface area (Å²) in [5, 5.41) is 5.55. The molecule has 0 aromatic carbocycles. The molecule has 3 heterocycles. The minimum atomic E-state index is -0.450. The predicted octanol–water partition coefficient (Wildman–Crippen LogP) is 2.79. The molecule has 140 valence electrons. The van der Waals surface area contributed by atoms with Gasteiger partial charge in [-0.3, -0.25) is 4.99 Å². The highest BCUT2D eigenvalue weighted by Gasteiger charge is 2.36. The fourth-order valence-corrected chi connectivity index (χ4v) is 3.68. The van der Waals surface area contributed by atoms with E-state index in [1.165, 1.54) is 4.88 Å². The molecule has 0 saturated carbocycles. The summed E-state index contributed by atoms with van der Waals surface area (Å²) in [5.41, 5.74) is -0.450. The van der Waals surface area contributed by atoms with Crippen LogP contribution >= 0.6 is 35.3 Å². The first-order valence-electron chi connectivity index (χ1n) is 8.48. The van der Waals surface area contributed by atoms with E-state index in [1.54, 1.807) is 16.2 Å². The summed E-state index contributed by atoms with van der Waals surface area (Å²) in [6, 6.07) is 4.50. The van der Waals surface area contributed by atoms with Crippen molar-refractivity contribution in [3.05, 3.63) is 22.4 Å². The summed E-state index contributed by atoms with van der Waals surface area (Å²) < 4.78 is 5.48. The molecule has 1 saturated heterocycles. The van der Waals surface area contributed by atoms with Crippen molar-refractivity contribution in [3.8, 4) is 0 Å². The SMILES string of the molecule is CC(C)(C)OC(=O)N1CCN2C(NCCc3cccs3)=NCC2C1.I. The molecular weight excluding hydrogens is 451 g/mol. The third kappa shape index (κ3) is 5.47. The number of amides is 1. The number of aliphatic imine (C=N–C) groups is 1. The van der Waals surface area contributed by atoms with Crippen molar-refractivity contribution < 1.29 is 9.53 Å². The maximum absolute atomic E-state index is 12.2. The summed E-state index contributed by atoms with van der Waals surface area (Å²) in [4.78, 5) is 22.3. The fourth-order valence-electron chi connectivity index (χ4n) is 2.98. The van der Waals surface area contributed by atoms with Gasteiger partial charge in [0.1, 0.15) is 5.60 Å². The van der Waals surface area contributed by atoms with Crippen LogP contribution in [0.1, 0.15) is 25.6 Å². The average molecular weight is 478 g/mol. The molecule has 0 aliphatic carbocycles. The van der Waals surface area contributed by atoms with Crippen LogP contribution in [0.25, 0.3) is 0 Å². The van der Waals surface area contributed by atoms with Crippen LogP contribution in [0, 0.1) is 0 Å². The van der Waals surface area contributed by atoms with Gasteiger partial charge in [-0.1, -0.05) is 6.07 Å². The molecule has 1 amide bonds. The van der Waals surface area contributed by atoms with Gasteiger partial charge in [0.25, 0.3) is 0 Å². The van der Waals surface area contributed by atoms with Gasteiger partial charge in [0.05, 0.1) is 12.6 Å². The number of carbonyl (C=O) groups excluding carboxylic acids is 1. The van der Waals surface area contributed by atoms with E-state index in [1.807, 2.05) is 20.8 Å². The Morgan fingerprint density at radius 3 is 2.92 bits per heavy atom. The summed E-state index contributed by atoms with van der Waals surface area (Å²) in [6.07, 6.45) is 0.792. The van der Waals surface area contributed by atoms with Crippen molar-refractivity contribution in [2.45, 2.75) is 38.8 Å². The molecular formula is C17H27IN4O2S. The Labute approximate surface area is 170 Å². The van der Waals surface area contributed by atoms with Crippen LogP contribution in [0.15, 0.2) is 22.5 Å². The number of thiophene rings is 1. The smallest absolute Gasteiger partial charge is 0.410 e. The van der Waals surface area contributed by atoms with Gasteiger partial charge < -0.3 is 19.9 Å². The van der Waals surface area contributed by atoms with Crippen molar-refractivity contribution in [1.82, 2.24) is 15.1 Å². The first kappa shape index (κ1) is 20.3. The van der Waals surface area contributed by atoms with E-state index >= 15 is 0 Å². The highest BCUT2D eigenvalue weighted by Crippen LogP contribution is 2.18. The van der Waals surface area contributed by atoms with Crippen LogP contribution in [0.3, 0.4) is 0 Å². The number of halogens is 1. The third-order valence-electron chi connectivity index (χ3n) is 4.09. The quantitative estimate of drug-likeness (QED) is 0.680. The molecule has 1 atom stereocenters. The Morgan fingerprint density at radius 2 is 2.24 bits per heavy atom. The van der Waals surface area contributed by atoms with Crippen molar-refractivity contribution in [3.63, 3.8) is 0 Å². The van der Waals surface area contributed by atoms with E-state index in [9.17, 15) is 4.79 Å². The van der Waals surface area contributed by atoms with E-state index in [2.05, 4.69) is 32.7 Å². The first-order chi connectivity index (χ1) is 11.4. The average Bonchev–Trinajstić information content (AvgIpc) is 3.15. The molecule has 1 aromatic rings. The Bertz CT molecular complexity index is 600. The van der Waals surface area contributed by atoms with Gasteiger partial charge in [-0.15, -0.1) is 35.3 Å². The van der Waals surface area contributed by atoms with Crippen molar-refractivity contribution in [2.24, 2.45) is 4.99 Å². The normalized spacial score (nSPS) is 19.8. The standard InChI is InChI=1S/C17H26N4O2S.HI/c1-17(2,3)23-16(22)20-8-9-21-13(12-20)11-19-15(21)18-7-6-14-5-4-10-24-14;/h4-5,10,13H,6-9,11-12H2,1-3H3,(H,18,19);1H. The zero-order valence-electron chi connectivity index (χ0n) is 15.0. The number of guanidine groups is 1. The zero-order valence-corrected chi connectivity index (χ0v) is 18.2. The number of carbonyl (C=O) groups is 1. The number of hydrogen-bond acceptors (Lipinski definition) is 6. The fraction of sp³-hybridized carbons (Fsp3) is 0.647. The molecule has 1 aromatic heterocycles. The largest absolute Gasteiger partial charge is 0.444 e. The predicted molar refractivity (Wildman–Crippen MR) is 112 cm³/mol. The highest BCUT2D eigenvalue weighted by atomic mass is 127. The first-order valence-corrected chi connectivity index (χ1v) is 9.35. The highest BCUT2D eigenvalue weighted by molar-refractivity contribution is 14.0. The second-order valence-corrected chi connectivity index (χ2v) is 8.23. The second kappa shape index (κ2) is 8.57. The van der Waals surface area contributed by atoms with Gasteiger partial charge in [0.2, 0.25) is 0 Å². The number of piperazine rings is 1. The van der Waals surface area contributed by atoms with Crippen LogP contribution in [0.4, 0.5) is 4.79 Å². The zero-order chi connectivity index (χ0) is 17.2. The maximum atomic E-state index is 12.2. The molecule has 25 heavy (non-hydrogen) atoms. The van der Waals surface area contributed by atoms with Crippen molar-refractivity contribution in [1.29, 1.82) is 0 Å². The van der Waals surface area contributed by atoms with Crippen LogP contribution < -0.4 is 5.32 Å². The lowest BCUT2D eigenvalue weighted by molar-refractivity contribution is 0.0137. The molecule has 1 fully saturated rings. The minimum absolute atomic E-state index is 0. The molecule has 6 nitrogen and oxygen atoms in total. The van der Waals surface area contributed by atoms with Gasteiger partial charge in [-0.05, 0) is 38.6 Å². The van der Waals surface area contributed by atoms with E-state index in [4.69, 9.17) is 4.74 Å². The lowest BCUT2D eigenvalue weighted by atomic mass is 10.2. The molecule has 2 aliphatic heterocycles. The van der Waals surface area contributed by atoms with Crippen LogP contribution in [0.2, 0.25) is 0 Å². The van der Waals surface area contributed by atoms with Crippen LogP contribution in [0.5, 0.6) is 0 Å². The van der Waals surface area contributed by atoms with Gasteiger partial charge in [-0.25, -0.2) is 4.79 Å². The van der Waals surface area contributed by atoms with Crippen molar-refractivity contribution in [2.75, 3.05) is 32.7 Å². The molecule has 3 rings (SSSR count). The number of nitrogens with zero attached hydrogens (tertiary/aromatic N) is 3. The molecule has 8 heteroatoms. The lowest BCUT2D eigenvalue weighted by Crippen LogP contribution is -2.57. The summed E-state index contributed by atoms with van der Waals surface area (Å²) >= 11 is 1.78. The third-order valence-corrected chi connectivity index (χ3v) is 5.03. The summed E-state index contributed by atoms with van der Waals surface area (Å²) in [7, 11) is 0. The van der Waals surface area contributed by atoms with Crippen molar-refractivity contribution >= 4 is 47.4 Å². The molecule has 1 unspecified atom stereocenters. The van der Waals surface area contributed by atoms with Gasteiger partial charge in [-0.2, -0.15) is 0 Å². The Hall–Kier alpha value is -1.03. The number of nitrogens with one attached hydrogen (secondary N) is 1. The summed E-state index contributed by atoms with van der Waals surface area (Å²) in [5.74, 6) is 0.973. The van der Waals surface area contributed by atoms with E-state index in [-0.39, 0.29) is 36.1 Å². The number of rotatable bonds is 3. The van der Waals surface area contributed by atoms with Gasteiger partial charge >= 0.3 is 6.09 Å². The Morgan fingerprint density at radius 1 is 1.44 bits per heavy atom. The monoisotopic (exact) mass is 478 g/mol. The maximum Gasteiger partial charge on any atom is 0.410 e. The lowest BCUT2D eigenvalue weighted by Gasteiger charge is -2.39. The summed E-state index contributed by atoms with van der Waals surface area (Å²) in [6.45, 7) is 9.47. The second-order valence-electron chi connectivity index (χ2n) is 7.19. The van der Waals surface area contributed by atoms with Gasteiger partial charge in [0, 0.05) is 31.1 Å². The molecule has 1 N–H and O–H groups in total. The molecule has 0 radical (unpaired) electrons. The molecule has 0 bridgehead atoms. The number of ether oxygens (including phenoxy) is 1. The van der Waals surface area contributed by atoms with E-state index in [0.29, 0.717) is 13.1 Å².